The highest BCUT2D eigenvalue weighted by Crippen LogP contribution is 2.66. The van der Waals surface area contributed by atoms with Crippen LogP contribution in [0.1, 0.15) is 71.8 Å². The van der Waals surface area contributed by atoms with Crippen molar-refractivity contribution in [1.29, 1.82) is 0 Å². The molecule has 3 fully saturated rings. The SMILES string of the molecule is CCOC(=O)[C@H](Cc1ccc(O)cc1)NC(=O)CO/N=C1\C=C[C@@]2(C)C(=C1)CC[C@@H]1[C@@H]2CC[C@@]2(C)[C@H]1CC[C@]2(C)O. The Morgan fingerprint density at radius 3 is 2.56 bits per heavy atom. The third-order valence-corrected chi connectivity index (χ3v) is 10.8. The van der Waals surface area contributed by atoms with Crippen molar-refractivity contribution in [2.75, 3.05) is 13.2 Å². The third-order valence-electron chi connectivity index (χ3n) is 10.8. The average Bonchev–Trinajstić information content (AvgIpc) is 3.18. The molecule has 4 aliphatic carbocycles. The number of nitrogens with one attached hydrogen (secondary N) is 1. The predicted octanol–water partition coefficient (Wildman–Crippen LogP) is 4.85. The minimum Gasteiger partial charge on any atom is -0.508 e. The van der Waals surface area contributed by atoms with E-state index in [9.17, 15) is 19.8 Å². The molecular weight excluding hydrogens is 520 g/mol. The average molecular weight is 565 g/mol. The van der Waals surface area contributed by atoms with E-state index in [2.05, 4.69) is 36.5 Å². The highest BCUT2D eigenvalue weighted by atomic mass is 16.6. The lowest BCUT2D eigenvalue weighted by atomic mass is 9.47. The molecule has 0 aliphatic heterocycles. The number of benzene rings is 1. The highest BCUT2D eigenvalue weighted by molar-refractivity contribution is 6.05. The normalized spacial score (nSPS) is 35.5. The quantitative estimate of drug-likeness (QED) is 0.307. The van der Waals surface area contributed by atoms with Crippen LogP contribution in [0.2, 0.25) is 0 Å². The highest BCUT2D eigenvalue weighted by Gasteiger charge is 2.62. The zero-order valence-electron chi connectivity index (χ0n) is 24.7. The van der Waals surface area contributed by atoms with Crippen molar-refractivity contribution in [2.24, 2.45) is 33.7 Å². The number of allylic oxidation sites excluding steroid dienone is 4. The fourth-order valence-corrected chi connectivity index (χ4v) is 8.21. The van der Waals surface area contributed by atoms with Crippen molar-refractivity contribution >= 4 is 17.6 Å². The molecule has 41 heavy (non-hydrogen) atoms. The minimum absolute atomic E-state index is 0.00149. The predicted molar refractivity (Wildman–Crippen MR) is 156 cm³/mol. The second-order valence-electron chi connectivity index (χ2n) is 13.0. The Balaban J connectivity index is 1.19. The number of amides is 1. The van der Waals surface area contributed by atoms with E-state index >= 15 is 0 Å². The van der Waals surface area contributed by atoms with Crippen molar-refractivity contribution < 1.29 is 29.4 Å². The number of rotatable bonds is 8. The number of hydrogen-bond donors (Lipinski definition) is 3. The lowest BCUT2D eigenvalue weighted by Gasteiger charge is -2.58. The number of hydrogen-bond acceptors (Lipinski definition) is 7. The number of aliphatic hydroxyl groups is 1. The van der Waals surface area contributed by atoms with E-state index in [0.29, 0.717) is 23.5 Å². The summed E-state index contributed by atoms with van der Waals surface area (Å²) in [6.07, 6.45) is 12.9. The topological polar surface area (TPSA) is 117 Å². The number of carbonyl (C=O) groups excluding carboxylic acids is 2. The fraction of sp³-hybridized carbons (Fsp3) is 0.606. The van der Waals surface area contributed by atoms with Gasteiger partial charge in [-0.2, -0.15) is 0 Å². The van der Waals surface area contributed by atoms with Crippen LogP contribution in [0.25, 0.3) is 0 Å². The number of nitrogens with zero attached hydrogens (tertiary/aromatic N) is 1. The van der Waals surface area contributed by atoms with E-state index in [1.807, 2.05) is 13.0 Å². The van der Waals surface area contributed by atoms with Crippen LogP contribution < -0.4 is 5.32 Å². The van der Waals surface area contributed by atoms with E-state index in [1.54, 1.807) is 19.1 Å². The Bertz CT molecular complexity index is 1250. The Labute approximate surface area is 242 Å². The van der Waals surface area contributed by atoms with Crippen LogP contribution in [0, 0.1) is 28.6 Å². The molecule has 3 saturated carbocycles. The van der Waals surface area contributed by atoms with Gasteiger partial charge in [0.25, 0.3) is 5.91 Å². The molecule has 8 heteroatoms. The van der Waals surface area contributed by atoms with Gasteiger partial charge in [-0.05, 0) is 105 Å². The Hall–Kier alpha value is -3.13. The first-order valence-corrected chi connectivity index (χ1v) is 15.0. The van der Waals surface area contributed by atoms with E-state index in [0.717, 1.165) is 44.1 Å². The molecule has 0 spiro atoms. The Morgan fingerprint density at radius 2 is 1.83 bits per heavy atom. The van der Waals surface area contributed by atoms with E-state index in [4.69, 9.17) is 9.57 Å². The summed E-state index contributed by atoms with van der Waals surface area (Å²) in [6, 6.07) is 5.59. The van der Waals surface area contributed by atoms with Crippen LogP contribution in [-0.2, 0) is 25.6 Å². The van der Waals surface area contributed by atoms with Gasteiger partial charge < -0.3 is 25.1 Å². The molecular formula is C33H44N2O6. The monoisotopic (exact) mass is 564 g/mol. The van der Waals surface area contributed by atoms with Crippen molar-refractivity contribution in [2.45, 2.75) is 84.3 Å². The third kappa shape index (κ3) is 5.55. The zero-order valence-corrected chi connectivity index (χ0v) is 24.7. The van der Waals surface area contributed by atoms with Gasteiger partial charge in [-0.25, -0.2) is 4.79 Å². The first-order chi connectivity index (χ1) is 19.5. The van der Waals surface area contributed by atoms with Gasteiger partial charge in [-0.3, -0.25) is 4.79 Å². The summed E-state index contributed by atoms with van der Waals surface area (Å²) >= 11 is 0. The summed E-state index contributed by atoms with van der Waals surface area (Å²) in [5.41, 5.74) is 2.21. The largest absolute Gasteiger partial charge is 0.508 e. The van der Waals surface area contributed by atoms with Gasteiger partial charge >= 0.3 is 5.97 Å². The van der Waals surface area contributed by atoms with Crippen LogP contribution in [0.5, 0.6) is 5.75 Å². The van der Waals surface area contributed by atoms with Crippen LogP contribution >= 0.6 is 0 Å². The molecule has 0 bridgehead atoms. The minimum atomic E-state index is -0.878. The second-order valence-corrected chi connectivity index (χ2v) is 13.0. The lowest BCUT2D eigenvalue weighted by molar-refractivity contribution is -0.147. The Morgan fingerprint density at radius 1 is 1.10 bits per heavy atom. The van der Waals surface area contributed by atoms with Gasteiger partial charge in [0.1, 0.15) is 17.5 Å². The van der Waals surface area contributed by atoms with Gasteiger partial charge in [-0.1, -0.05) is 42.8 Å². The van der Waals surface area contributed by atoms with Crippen molar-refractivity contribution in [3.8, 4) is 5.75 Å². The number of oxime groups is 1. The van der Waals surface area contributed by atoms with Crippen LogP contribution in [0.3, 0.4) is 0 Å². The van der Waals surface area contributed by atoms with Gasteiger partial charge in [0.05, 0.1) is 12.2 Å². The molecule has 8 nitrogen and oxygen atoms in total. The fourth-order valence-electron chi connectivity index (χ4n) is 8.21. The molecule has 222 valence electrons. The van der Waals surface area contributed by atoms with Gasteiger partial charge in [0.2, 0.25) is 0 Å². The maximum Gasteiger partial charge on any atom is 0.328 e. The molecule has 0 heterocycles. The van der Waals surface area contributed by atoms with Gasteiger partial charge in [0, 0.05) is 11.8 Å². The molecule has 7 atom stereocenters. The molecule has 1 aromatic rings. The van der Waals surface area contributed by atoms with E-state index in [1.165, 1.54) is 17.7 Å². The molecule has 0 unspecified atom stereocenters. The number of fused-ring (bicyclic) bond motifs is 5. The Kier molecular flexibility index (Phi) is 8.07. The maximum atomic E-state index is 12.6. The summed E-state index contributed by atoms with van der Waals surface area (Å²) in [4.78, 5) is 30.5. The van der Waals surface area contributed by atoms with E-state index < -0.39 is 23.5 Å². The lowest BCUT2D eigenvalue weighted by Crippen LogP contribution is -2.53. The number of phenolic OH excluding ortho intramolecular Hbond substituents is 1. The number of carbonyl (C=O) groups is 2. The number of ether oxygens (including phenoxy) is 1. The van der Waals surface area contributed by atoms with Gasteiger partial charge in [0.15, 0.2) is 6.61 Å². The van der Waals surface area contributed by atoms with Crippen LogP contribution in [0.15, 0.2) is 53.2 Å². The summed E-state index contributed by atoms with van der Waals surface area (Å²) in [7, 11) is 0. The first kappa shape index (κ1) is 29.4. The molecule has 4 aliphatic rings. The number of esters is 1. The molecule has 0 radical (unpaired) electrons. The summed E-state index contributed by atoms with van der Waals surface area (Å²) < 4.78 is 5.14. The molecule has 5 rings (SSSR count). The standard InChI is InChI=1S/C33H44N2O6/c1-5-40-30(38)28(18-21-6-9-24(36)10-7-21)34-29(37)20-41-35-23-12-15-31(2)22(19-23)8-11-25-26(31)13-16-32(3)27(25)14-17-33(32,4)39/h6-7,9-10,12,15,19,25-28,36,39H,5,8,11,13-14,16-18,20H2,1-4H3,(H,34,37)/b35-23+/t25-,26+,27+,28+,31+,32+,33+/m1/s1. The number of aromatic hydroxyl groups is 1. The summed E-state index contributed by atoms with van der Waals surface area (Å²) in [5, 5.41) is 27.6. The van der Waals surface area contributed by atoms with Crippen molar-refractivity contribution in [1.82, 2.24) is 5.32 Å². The smallest absolute Gasteiger partial charge is 0.328 e. The number of phenols is 1. The van der Waals surface area contributed by atoms with E-state index in [-0.39, 0.29) is 36.2 Å². The van der Waals surface area contributed by atoms with Crippen molar-refractivity contribution in [3.05, 3.63) is 53.6 Å². The second kappa shape index (κ2) is 11.3. The summed E-state index contributed by atoms with van der Waals surface area (Å²) in [5.74, 6) is 0.852. The molecule has 3 N–H and O–H groups in total. The van der Waals surface area contributed by atoms with Crippen LogP contribution in [0.4, 0.5) is 0 Å². The van der Waals surface area contributed by atoms with Crippen molar-refractivity contribution in [3.63, 3.8) is 0 Å². The maximum absolute atomic E-state index is 12.6. The van der Waals surface area contributed by atoms with Gasteiger partial charge in [-0.15, -0.1) is 0 Å². The van der Waals surface area contributed by atoms with Crippen LogP contribution in [-0.4, -0.2) is 52.7 Å². The molecule has 1 aromatic carbocycles. The zero-order chi connectivity index (χ0) is 29.4. The molecule has 0 aromatic heterocycles. The molecule has 1 amide bonds. The molecule has 0 saturated heterocycles. The first-order valence-electron chi connectivity index (χ1n) is 15.0. The summed E-state index contributed by atoms with van der Waals surface area (Å²) in [6.45, 7) is 8.29.